The number of aromatic nitrogens is 4. The van der Waals surface area contributed by atoms with Gasteiger partial charge in [-0.1, -0.05) is 90.4 Å². The normalized spacial score (nSPS) is 21.2. The molecule has 0 saturated carbocycles. The Bertz CT molecular complexity index is 957. The van der Waals surface area contributed by atoms with Crippen molar-refractivity contribution >= 4 is 23.1 Å². The third-order valence-electron chi connectivity index (χ3n) is 7.20. The minimum absolute atomic E-state index is 0.203. The van der Waals surface area contributed by atoms with E-state index in [1.807, 2.05) is 0 Å². The van der Waals surface area contributed by atoms with Gasteiger partial charge in [-0.15, -0.1) is 0 Å². The molecular formula is C27H46N6O5. The van der Waals surface area contributed by atoms with Gasteiger partial charge in [-0.05, 0) is 6.42 Å². The zero-order valence-corrected chi connectivity index (χ0v) is 22.8. The Kier molecular flexibility index (Phi) is 13.0. The average Bonchev–Trinajstić information content (AvgIpc) is 3.48. The van der Waals surface area contributed by atoms with Crippen molar-refractivity contribution in [3.05, 3.63) is 12.7 Å². The molecule has 38 heavy (non-hydrogen) atoms. The molecule has 0 spiro atoms. The number of aliphatic hydroxyl groups excluding tert-OH is 2. The zero-order valence-electron chi connectivity index (χ0n) is 22.8. The smallest absolute Gasteiger partial charge is 0.407 e. The highest BCUT2D eigenvalue weighted by Gasteiger charge is 2.47. The summed E-state index contributed by atoms with van der Waals surface area (Å²) in [5, 5.41) is 23.0. The van der Waals surface area contributed by atoms with Gasteiger partial charge in [-0.25, -0.2) is 19.7 Å². The molecule has 1 aliphatic heterocycles. The van der Waals surface area contributed by atoms with Crippen LogP contribution in [0, 0.1) is 0 Å². The number of carbonyl (C=O) groups is 1. The largest absolute Gasteiger partial charge is 0.439 e. The number of hydrogen-bond acceptors (Lipinski definition) is 9. The molecular weight excluding hydrogens is 488 g/mol. The van der Waals surface area contributed by atoms with Crippen LogP contribution in [0.4, 0.5) is 10.6 Å². The Morgan fingerprint density at radius 1 is 1.00 bits per heavy atom. The summed E-state index contributed by atoms with van der Waals surface area (Å²) in [4.78, 5) is 24.8. The number of amides is 1. The molecule has 11 heteroatoms. The molecule has 1 fully saturated rings. The van der Waals surface area contributed by atoms with Gasteiger partial charge in [-0.2, -0.15) is 0 Å². The summed E-state index contributed by atoms with van der Waals surface area (Å²) in [6.07, 6.45) is 15.8. The lowest BCUT2D eigenvalue weighted by Crippen LogP contribution is -2.40. The van der Waals surface area contributed by atoms with Crippen LogP contribution < -0.4 is 11.1 Å². The van der Waals surface area contributed by atoms with Crippen molar-refractivity contribution in [3.8, 4) is 0 Å². The van der Waals surface area contributed by atoms with E-state index in [2.05, 4.69) is 27.2 Å². The highest BCUT2D eigenvalue weighted by atomic mass is 16.6. The first-order valence-electron chi connectivity index (χ1n) is 14.4. The van der Waals surface area contributed by atoms with Gasteiger partial charge >= 0.3 is 6.09 Å². The number of aliphatic hydroxyl groups is 2. The number of anilines is 1. The van der Waals surface area contributed by atoms with E-state index in [0.717, 1.165) is 19.3 Å². The number of nitrogens with two attached hydrogens (primary N) is 1. The van der Waals surface area contributed by atoms with Crippen molar-refractivity contribution in [2.24, 2.45) is 0 Å². The minimum atomic E-state index is -1.21. The molecule has 2 aromatic heterocycles. The first-order chi connectivity index (χ1) is 18.6. The van der Waals surface area contributed by atoms with Crippen LogP contribution in [-0.2, 0) is 9.47 Å². The van der Waals surface area contributed by atoms with E-state index in [1.165, 1.54) is 87.9 Å². The van der Waals surface area contributed by atoms with E-state index in [-0.39, 0.29) is 5.82 Å². The molecule has 0 bridgehead atoms. The standard InChI is InChI=1S/C27H46N6O5/c1-2-3-4-5-6-7-8-9-10-11-12-13-14-15-16-29-27(36)38-23-22(35)20(17-34)37-26(23)33-19-32-21-24(28)30-18-31-25(21)33/h18-20,22-23,26,34-35H,2-17H2,1H3,(H,29,36)(H2,28,30,31)/t20-,22-,23-,26-/m1/s1. The van der Waals surface area contributed by atoms with Crippen LogP contribution in [0.25, 0.3) is 11.2 Å². The fourth-order valence-corrected chi connectivity index (χ4v) is 4.95. The van der Waals surface area contributed by atoms with Crippen molar-refractivity contribution in [2.45, 2.75) is 121 Å². The molecule has 0 radical (unpaired) electrons. The molecule has 0 aliphatic carbocycles. The van der Waals surface area contributed by atoms with Crippen molar-refractivity contribution in [1.29, 1.82) is 0 Å². The maximum atomic E-state index is 12.5. The maximum absolute atomic E-state index is 12.5. The first kappa shape index (κ1) is 30.0. The monoisotopic (exact) mass is 534 g/mol. The van der Waals surface area contributed by atoms with Crippen molar-refractivity contribution in [1.82, 2.24) is 24.8 Å². The third-order valence-corrected chi connectivity index (χ3v) is 7.20. The molecule has 3 rings (SSSR count). The quantitative estimate of drug-likeness (QED) is 0.205. The van der Waals surface area contributed by atoms with Gasteiger partial charge in [0.25, 0.3) is 0 Å². The van der Waals surface area contributed by atoms with Gasteiger partial charge in [-0.3, -0.25) is 4.57 Å². The van der Waals surface area contributed by atoms with E-state index >= 15 is 0 Å². The Balaban J connectivity index is 1.31. The van der Waals surface area contributed by atoms with Crippen LogP contribution in [0.2, 0.25) is 0 Å². The molecule has 214 valence electrons. The number of alkyl carbamates (subject to hydrolysis) is 1. The van der Waals surface area contributed by atoms with Gasteiger partial charge in [0.1, 0.15) is 24.1 Å². The van der Waals surface area contributed by atoms with Crippen LogP contribution in [0.15, 0.2) is 12.7 Å². The number of hydrogen-bond donors (Lipinski definition) is 4. The van der Waals surface area contributed by atoms with Gasteiger partial charge in [0.15, 0.2) is 23.8 Å². The molecule has 3 heterocycles. The molecule has 1 amide bonds. The molecule has 1 aliphatic rings. The van der Waals surface area contributed by atoms with Crippen LogP contribution in [-0.4, -0.2) is 67.3 Å². The van der Waals surface area contributed by atoms with E-state index in [4.69, 9.17) is 15.2 Å². The number of carbonyl (C=O) groups excluding carboxylic acids is 1. The molecule has 0 aromatic carbocycles. The molecule has 1 saturated heterocycles. The second-order valence-electron chi connectivity index (χ2n) is 10.2. The first-order valence-corrected chi connectivity index (χ1v) is 14.4. The van der Waals surface area contributed by atoms with Crippen LogP contribution in [0.3, 0.4) is 0 Å². The Morgan fingerprint density at radius 2 is 1.61 bits per heavy atom. The number of nitrogen functional groups attached to an aromatic ring is 1. The van der Waals surface area contributed by atoms with Crippen LogP contribution in [0.5, 0.6) is 0 Å². The number of unbranched alkanes of at least 4 members (excludes halogenated alkanes) is 13. The molecule has 4 atom stereocenters. The summed E-state index contributed by atoms with van der Waals surface area (Å²) < 4.78 is 12.8. The minimum Gasteiger partial charge on any atom is -0.439 e. The second kappa shape index (κ2) is 16.5. The van der Waals surface area contributed by atoms with E-state index < -0.39 is 37.2 Å². The summed E-state index contributed by atoms with van der Waals surface area (Å²) in [7, 11) is 0. The van der Waals surface area contributed by atoms with Crippen LogP contribution >= 0.6 is 0 Å². The van der Waals surface area contributed by atoms with Gasteiger partial charge in [0.05, 0.1) is 12.9 Å². The fourth-order valence-electron chi connectivity index (χ4n) is 4.95. The van der Waals surface area contributed by atoms with Crippen molar-refractivity contribution < 1.29 is 24.5 Å². The molecule has 11 nitrogen and oxygen atoms in total. The summed E-state index contributed by atoms with van der Waals surface area (Å²) in [6, 6.07) is 0. The molecule has 5 N–H and O–H groups in total. The van der Waals surface area contributed by atoms with E-state index in [1.54, 1.807) is 0 Å². The molecule has 0 unspecified atom stereocenters. The zero-order chi connectivity index (χ0) is 27.2. The number of imidazole rings is 1. The number of fused-ring (bicyclic) bond motifs is 1. The summed E-state index contributed by atoms with van der Waals surface area (Å²) >= 11 is 0. The lowest BCUT2D eigenvalue weighted by molar-refractivity contribution is -0.0529. The Hall–Kier alpha value is -2.50. The highest BCUT2D eigenvalue weighted by molar-refractivity contribution is 5.81. The highest BCUT2D eigenvalue weighted by Crippen LogP contribution is 2.34. The Morgan fingerprint density at radius 3 is 2.21 bits per heavy atom. The van der Waals surface area contributed by atoms with Gasteiger partial charge in [0, 0.05) is 6.54 Å². The lowest BCUT2D eigenvalue weighted by Gasteiger charge is -2.22. The summed E-state index contributed by atoms with van der Waals surface area (Å²) in [5.74, 6) is 0.203. The van der Waals surface area contributed by atoms with Crippen LogP contribution in [0.1, 0.15) is 103 Å². The van der Waals surface area contributed by atoms with E-state index in [0.29, 0.717) is 17.7 Å². The summed E-state index contributed by atoms with van der Waals surface area (Å²) in [5.41, 5.74) is 6.61. The van der Waals surface area contributed by atoms with Gasteiger partial charge < -0.3 is 30.7 Å². The third kappa shape index (κ3) is 8.78. The second-order valence-corrected chi connectivity index (χ2v) is 10.2. The maximum Gasteiger partial charge on any atom is 0.407 e. The van der Waals surface area contributed by atoms with E-state index in [9.17, 15) is 15.0 Å². The average molecular weight is 535 g/mol. The number of nitrogens with one attached hydrogen (secondary N) is 1. The predicted octanol–water partition coefficient (Wildman–Crippen LogP) is 4.24. The van der Waals surface area contributed by atoms with Crippen molar-refractivity contribution in [2.75, 3.05) is 18.9 Å². The predicted molar refractivity (Wildman–Crippen MR) is 145 cm³/mol. The number of nitrogens with zero attached hydrogens (tertiary/aromatic N) is 4. The lowest BCUT2D eigenvalue weighted by atomic mass is 10.0. The SMILES string of the molecule is CCCCCCCCCCCCCCCCNC(=O)O[C@@H]1[C@H](O)[C@@H](CO)O[C@H]1n1cnc2c(N)ncnc21. The van der Waals surface area contributed by atoms with Crippen molar-refractivity contribution in [3.63, 3.8) is 0 Å². The van der Waals surface area contributed by atoms with Gasteiger partial charge in [0.2, 0.25) is 0 Å². The fraction of sp³-hybridized carbons (Fsp3) is 0.778. The number of rotatable bonds is 18. The summed E-state index contributed by atoms with van der Waals surface area (Å²) in [6.45, 7) is 2.32. The Labute approximate surface area is 225 Å². The molecule has 2 aromatic rings. The number of ether oxygens (including phenoxy) is 2. The topological polar surface area (TPSA) is 158 Å².